The maximum absolute atomic E-state index is 12.2. The zero-order valence-corrected chi connectivity index (χ0v) is 10.8. The summed E-state index contributed by atoms with van der Waals surface area (Å²) in [5.74, 6) is -3.02. The molecular weight excluding hydrogens is 301 g/mol. The van der Waals surface area contributed by atoms with E-state index in [1.54, 1.807) is 0 Å². The summed E-state index contributed by atoms with van der Waals surface area (Å²) in [4.78, 5) is 24.5. The Kier molecular flexibility index (Phi) is 4.89. The molecule has 0 saturated carbocycles. The van der Waals surface area contributed by atoms with Crippen LogP contribution >= 0.6 is 0 Å². The van der Waals surface area contributed by atoms with Crippen molar-refractivity contribution in [3.63, 3.8) is 0 Å². The number of nitrogens with zero attached hydrogens (tertiary/aromatic N) is 2. The monoisotopic (exact) mass is 310 g/mol. The summed E-state index contributed by atoms with van der Waals surface area (Å²) in [5, 5.41) is 10.8. The third kappa shape index (κ3) is 4.19. The first kappa shape index (κ1) is 16.5. The number of aromatic nitrogens is 1. The minimum atomic E-state index is -5.11. The maximum atomic E-state index is 12.2. The van der Waals surface area contributed by atoms with Crippen LogP contribution in [0, 0.1) is 10.1 Å². The molecule has 0 unspecified atom stereocenters. The van der Waals surface area contributed by atoms with Gasteiger partial charge in [-0.2, -0.15) is 4.98 Å². The van der Waals surface area contributed by atoms with Gasteiger partial charge in [0.1, 0.15) is 0 Å². The Morgan fingerprint density at radius 2 is 2.10 bits per heavy atom. The first-order valence-corrected chi connectivity index (χ1v) is 5.35. The number of alkyl halides is 3. The number of halogens is 3. The minimum absolute atomic E-state index is 0.140. The molecule has 11 heteroatoms. The van der Waals surface area contributed by atoms with E-state index >= 15 is 0 Å². The van der Waals surface area contributed by atoms with E-state index in [0.29, 0.717) is 6.07 Å². The Hall–Kier alpha value is -2.59. The summed E-state index contributed by atoms with van der Waals surface area (Å²) >= 11 is 0. The van der Waals surface area contributed by atoms with Gasteiger partial charge in [-0.1, -0.05) is 0 Å². The number of carbonyl (C=O) groups excluding carboxylic acids is 1. The number of hydrogen-bond donors (Lipinski definition) is 0. The van der Waals surface area contributed by atoms with Crippen LogP contribution in [0.3, 0.4) is 0 Å². The fourth-order valence-corrected chi connectivity index (χ4v) is 1.29. The van der Waals surface area contributed by atoms with Crippen LogP contribution in [0.2, 0.25) is 0 Å². The molecule has 0 atom stereocenters. The normalized spacial score (nSPS) is 10.9. The Balaban J connectivity index is 3.42. The number of ether oxygens (including phenoxy) is 3. The lowest BCUT2D eigenvalue weighted by molar-refractivity contribution is -0.385. The van der Waals surface area contributed by atoms with Crippen LogP contribution in [0.5, 0.6) is 11.6 Å². The van der Waals surface area contributed by atoms with E-state index in [-0.39, 0.29) is 6.61 Å². The lowest BCUT2D eigenvalue weighted by atomic mass is 10.3. The van der Waals surface area contributed by atoms with Gasteiger partial charge in [-0.25, -0.2) is 4.79 Å². The van der Waals surface area contributed by atoms with Crippen molar-refractivity contribution < 1.29 is 37.1 Å². The maximum Gasteiger partial charge on any atom is 0.574 e. The van der Waals surface area contributed by atoms with E-state index in [2.05, 4.69) is 19.2 Å². The predicted octanol–water partition coefficient (Wildman–Crippen LogP) is 2.07. The highest BCUT2D eigenvalue weighted by Gasteiger charge is 2.36. The zero-order chi connectivity index (χ0) is 16.2. The van der Waals surface area contributed by atoms with E-state index in [1.807, 2.05) is 0 Å². The summed E-state index contributed by atoms with van der Waals surface area (Å²) in [5.41, 5.74) is -1.78. The molecule has 0 aliphatic rings. The molecule has 116 valence electrons. The van der Waals surface area contributed by atoms with E-state index in [9.17, 15) is 28.1 Å². The van der Waals surface area contributed by atoms with Crippen LogP contribution in [-0.2, 0) is 4.74 Å². The molecule has 0 aromatic carbocycles. The van der Waals surface area contributed by atoms with Crippen LogP contribution in [0.4, 0.5) is 18.9 Å². The molecular formula is C10H9F3N2O6. The second kappa shape index (κ2) is 6.24. The lowest BCUT2D eigenvalue weighted by Crippen LogP contribution is -2.20. The van der Waals surface area contributed by atoms with Gasteiger partial charge in [-0.15, -0.1) is 13.2 Å². The Morgan fingerprint density at radius 3 is 2.52 bits per heavy atom. The number of carbonyl (C=O) groups is 1. The largest absolute Gasteiger partial charge is 0.574 e. The molecule has 0 spiro atoms. The third-order valence-electron chi connectivity index (χ3n) is 2.03. The van der Waals surface area contributed by atoms with Crippen molar-refractivity contribution >= 4 is 11.7 Å². The zero-order valence-electron chi connectivity index (χ0n) is 10.8. The summed E-state index contributed by atoms with van der Waals surface area (Å²) in [6.07, 6.45) is -5.11. The van der Waals surface area contributed by atoms with Gasteiger partial charge < -0.3 is 14.2 Å². The molecule has 0 aliphatic carbocycles. The van der Waals surface area contributed by atoms with Gasteiger partial charge in [0, 0.05) is 0 Å². The average molecular weight is 310 g/mol. The second-order valence-electron chi connectivity index (χ2n) is 3.39. The number of hydrogen-bond acceptors (Lipinski definition) is 7. The van der Waals surface area contributed by atoms with Crippen molar-refractivity contribution in [2.75, 3.05) is 13.7 Å². The van der Waals surface area contributed by atoms with Gasteiger partial charge in [-0.3, -0.25) is 10.1 Å². The highest BCUT2D eigenvalue weighted by Crippen LogP contribution is 2.34. The van der Waals surface area contributed by atoms with Crippen molar-refractivity contribution in [1.29, 1.82) is 0 Å². The Morgan fingerprint density at radius 1 is 1.48 bits per heavy atom. The number of nitro groups is 1. The van der Waals surface area contributed by atoms with Crippen molar-refractivity contribution in [3.8, 4) is 11.6 Å². The molecule has 0 fully saturated rings. The summed E-state index contributed by atoms with van der Waals surface area (Å²) in [6, 6.07) is 0.598. The molecule has 0 bridgehead atoms. The van der Waals surface area contributed by atoms with E-state index in [0.717, 1.165) is 7.11 Å². The Bertz CT molecular complexity index is 560. The molecule has 0 amide bonds. The van der Waals surface area contributed by atoms with Crippen molar-refractivity contribution in [1.82, 2.24) is 4.98 Å². The molecule has 1 aromatic rings. The van der Waals surface area contributed by atoms with E-state index in [1.165, 1.54) is 6.92 Å². The third-order valence-corrected chi connectivity index (χ3v) is 2.03. The number of methoxy groups -OCH3 is 1. The van der Waals surface area contributed by atoms with Gasteiger partial charge in [0.25, 0.3) is 5.88 Å². The fourth-order valence-electron chi connectivity index (χ4n) is 1.29. The highest BCUT2D eigenvalue weighted by atomic mass is 19.4. The van der Waals surface area contributed by atoms with Crippen LogP contribution in [0.15, 0.2) is 6.07 Å². The number of esters is 1. The minimum Gasteiger partial charge on any atom is -0.491 e. The van der Waals surface area contributed by atoms with Crippen LogP contribution in [0.1, 0.15) is 17.4 Å². The van der Waals surface area contributed by atoms with Crippen molar-refractivity contribution in [2.45, 2.75) is 13.3 Å². The fraction of sp³-hybridized carbons (Fsp3) is 0.400. The van der Waals surface area contributed by atoms with Crippen LogP contribution in [0.25, 0.3) is 0 Å². The van der Waals surface area contributed by atoms with E-state index < -0.39 is 40.3 Å². The topological polar surface area (TPSA) is 101 Å². The molecule has 1 aromatic heterocycles. The van der Waals surface area contributed by atoms with Gasteiger partial charge in [0.05, 0.1) is 24.7 Å². The van der Waals surface area contributed by atoms with Crippen molar-refractivity contribution in [2.24, 2.45) is 0 Å². The predicted molar refractivity (Wildman–Crippen MR) is 60.1 cm³/mol. The molecule has 0 saturated heterocycles. The summed E-state index contributed by atoms with van der Waals surface area (Å²) in [7, 11) is 0.966. The van der Waals surface area contributed by atoms with Gasteiger partial charge >= 0.3 is 18.0 Å². The first-order chi connectivity index (χ1) is 9.69. The Labute approximate surface area is 115 Å². The lowest BCUT2D eigenvalue weighted by Gasteiger charge is -2.12. The van der Waals surface area contributed by atoms with Gasteiger partial charge in [0.2, 0.25) is 5.69 Å². The summed E-state index contributed by atoms with van der Waals surface area (Å²) in [6.45, 7) is 1.28. The van der Waals surface area contributed by atoms with Crippen LogP contribution < -0.4 is 9.47 Å². The molecule has 0 aliphatic heterocycles. The van der Waals surface area contributed by atoms with Gasteiger partial charge in [0.15, 0.2) is 5.75 Å². The number of rotatable bonds is 5. The average Bonchev–Trinajstić information content (AvgIpc) is 2.36. The highest BCUT2D eigenvalue weighted by molar-refractivity contribution is 5.92. The SMILES string of the molecule is CCOC(=O)c1nc(OC(F)(F)F)c(OC)cc1[N+](=O)[O-]. The quantitative estimate of drug-likeness (QED) is 0.466. The smallest absolute Gasteiger partial charge is 0.491 e. The number of pyridine rings is 1. The first-order valence-electron chi connectivity index (χ1n) is 5.35. The molecule has 0 radical (unpaired) electrons. The van der Waals surface area contributed by atoms with Crippen molar-refractivity contribution in [3.05, 3.63) is 21.9 Å². The summed E-state index contributed by atoms with van der Waals surface area (Å²) < 4.78 is 49.3. The standard InChI is InChI=1S/C10H9F3N2O6/c1-3-20-9(16)7-5(15(17)18)4-6(19-2)8(14-7)21-10(11,12)13/h4H,3H2,1-2H3. The molecule has 8 nitrogen and oxygen atoms in total. The molecule has 21 heavy (non-hydrogen) atoms. The molecule has 0 N–H and O–H groups in total. The molecule has 1 rings (SSSR count). The van der Waals surface area contributed by atoms with Gasteiger partial charge in [-0.05, 0) is 6.92 Å². The van der Waals surface area contributed by atoms with Crippen LogP contribution in [-0.4, -0.2) is 36.0 Å². The molecule has 1 heterocycles. The second-order valence-corrected chi connectivity index (χ2v) is 3.39. The van der Waals surface area contributed by atoms with E-state index in [4.69, 9.17) is 0 Å².